The Morgan fingerprint density at radius 1 is 1.04 bits per heavy atom. The van der Waals surface area contributed by atoms with Crippen molar-refractivity contribution in [3.05, 3.63) is 59.5 Å². The third-order valence-corrected chi connectivity index (χ3v) is 4.85. The molecule has 1 amide bonds. The molecule has 26 heavy (non-hydrogen) atoms. The van der Waals surface area contributed by atoms with Crippen molar-refractivity contribution in [2.75, 3.05) is 13.1 Å². The van der Waals surface area contributed by atoms with Gasteiger partial charge in [-0.05, 0) is 43.5 Å². The fourth-order valence-electron chi connectivity index (χ4n) is 3.23. The maximum Gasteiger partial charge on any atom is 0.276 e. The molecule has 6 nitrogen and oxygen atoms in total. The van der Waals surface area contributed by atoms with E-state index < -0.39 is 0 Å². The topological polar surface area (TPSA) is 63.9 Å². The molecule has 0 aliphatic carbocycles. The Kier molecular flexibility index (Phi) is 4.67. The van der Waals surface area contributed by atoms with E-state index in [0.717, 1.165) is 37.9 Å². The minimum atomic E-state index is -0.0955. The van der Waals surface area contributed by atoms with E-state index in [9.17, 15) is 4.79 Å². The van der Waals surface area contributed by atoms with Gasteiger partial charge in [-0.1, -0.05) is 28.9 Å². The van der Waals surface area contributed by atoms with Crippen molar-refractivity contribution in [2.24, 2.45) is 0 Å². The minimum Gasteiger partial charge on any atom is -0.337 e. The average molecular weight is 368 g/mol. The Balaban J connectivity index is 1.85. The second-order valence-electron chi connectivity index (χ2n) is 6.24. The van der Waals surface area contributed by atoms with Crippen molar-refractivity contribution in [1.82, 2.24) is 24.9 Å². The van der Waals surface area contributed by atoms with Crippen LogP contribution in [0, 0.1) is 0 Å². The van der Waals surface area contributed by atoms with E-state index in [4.69, 9.17) is 11.6 Å². The number of nitrogens with zero attached hydrogens (tertiary/aromatic N) is 5. The zero-order chi connectivity index (χ0) is 17.9. The van der Waals surface area contributed by atoms with Crippen LogP contribution in [0.5, 0.6) is 0 Å². The van der Waals surface area contributed by atoms with E-state index in [1.807, 2.05) is 35.2 Å². The second-order valence-corrected chi connectivity index (χ2v) is 6.65. The highest BCUT2D eigenvalue weighted by Crippen LogP contribution is 2.29. The molecule has 1 fully saturated rings. The summed E-state index contributed by atoms with van der Waals surface area (Å²) in [4.78, 5) is 19.1. The van der Waals surface area contributed by atoms with Gasteiger partial charge in [-0.15, -0.1) is 5.10 Å². The molecule has 0 spiro atoms. The van der Waals surface area contributed by atoms with Crippen LogP contribution in [0.3, 0.4) is 0 Å². The Morgan fingerprint density at radius 2 is 1.85 bits per heavy atom. The standard InChI is InChI=1S/C19H18ClN5O/c20-15-8-2-3-9-16(15)25-18(14-7-6-10-21-13-14)17(22-23-25)19(26)24-11-4-1-5-12-24/h2-3,6-10,13H,1,4-5,11-12H2. The lowest BCUT2D eigenvalue weighted by Crippen LogP contribution is -2.36. The van der Waals surface area contributed by atoms with E-state index in [1.165, 1.54) is 0 Å². The lowest BCUT2D eigenvalue weighted by Gasteiger charge is -2.26. The maximum atomic E-state index is 13.1. The Bertz CT molecular complexity index is 919. The minimum absolute atomic E-state index is 0.0955. The van der Waals surface area contributed by atoms with Gasteiger partial charge in [-0.2, -0.15) is 0 Å². The van der Waals surface area contributed by atoms with Gasteiger partial charge in [0.15, 0.2) is 5.69 Å². The molecule has 0 unspecified atom stereocenters. The van der Waals surface area contributed by atoms with E-state index in [0.29, 0.717) is 22.1 Å². The Labute approximate surface area is 156 Å². The van der Waals surface area contributed by atoms with Crippen LogP contribution < -0.4 is 0 Å². The molecular formula is C19H18ClN5O. The fraction of sp³-hybridized carbons (Fsp3) is 0.263. The largest absolute Gasteiger partial charge is 0.337 e. The molecule has 2 aromatic heterocycles. The van der Waals surface area contributed by atoms with E-state index >= 15 is 0 Å². The van der Waals surface area contributed by atoms with Gasteiger partial charge in [0.2, 0.25) is 0 Å². The SMILES string of the molecule is O=C(c1nnn(-c2ccccc2Cl)c1-c1cccnc1)N1CCCCC1. The number of halogens is 1. The van der Waals surface area contributed by atoms with Gasteiger partial charge in [0, 0.05) is 31.0 Å². The van der Waals surface area contributed by atoms with Crippen molar-refractivity contribution >= 4 is 17.5 Å². The molecule has 0 radical (unpaired) electrons. The molecule has 1 saturated heterocycles. The normalized spacial score (nSPS) is 14.4. The summed E-state index contributed by atoms with van der Waals surface area (Å²) >= 11 is 6.36. The monoisotopic (exact) mass is 367 g/mol. The third kappa shape index (κ3) is 3.08. The number of carbonyl (C=O) groups excluding carboxylic acids is 1. The molecule has 0 saturated carbocycles. The predicted octanol–water partition coefficient (Wildman–Crippen LogP) is 3.61. The number of likely N-dealkylation sites (tertiary alicyclic amines) is 1. The molecule has 0 N–H and O–H groups in total. The summed E-state index contributed by atoms with van der Waals surface area (Å²) in [5.41, 5.74) is 2.40. The first-order chi connectivity index (χ1) is 12.8. The molecule has 0 bridgehead atoms. The molecule has 0 atom stereocenters. The first-order valence-electron chi connectivity index (χ1n) is 8.66. The van der Waals surface area contributed by atoms with Crippen LogP contribution in [0.15, 0.2) is 48.8 Å². The molecule has 7 heteroatoms. The summed E-state index contributed by atoms with van der Waals surface area (Å²) in [7, 11) is 0. The molecule has 1 aliphatic heterocycles. The zero-order valence-corrected chi connectivity index (χ0v) is 14.9. The number of carbonyl (C=O) groups is 1. The maximum absolute atomic E-state index is 13.1. The summed E-state index contributed by atoms with van der Waals surface area (Å²) in [5.74, 6) is -0.0955. The summed E-state index contributed by atoms with van der Waals surface area (Å²) < 4.78 is 1.62. The number of piperidine rings is 1. The summed E-state index contributed by atoms with van der Waals surface area (Å²) in [6, 6.07) is 11.1. The van der Waals surface area contributed by atoms with Crippen LogP contribution in [0.1, 0.15) is 29.8 Å². The summed E-state index contributed by atoms with van der Waals surface area (Å²) in [6.45, 7) is 1.51. The van der Waals surface area contributed by atoms with E-state index in [2.05, 4.69) is 15.3 Å². The fourth-order valence-corrected chi connectivity index (χ4v) is 3.44. The molecule has 4 rings (SSSR count). The second kappa shape index (κ2) is 7.25. The van der Waals surface area contributed by atoms with Crippen LogP contribution in [0.4, 0.5) is 0 Å². The van der Waals surface area contributed by atoms with Gasteiger partial charge in [-0.3, -0.25) is 9.78 Å². The van der Waals surface area contributed by atoms with Crippen molar-refractivity contribution in [3.63, 3.8) is 0 Å². The lowest BCUT2D eigenvalue weighted by atomic mass is 10.1. The molecular weight excluding hydrogens is 350 g/mol. The number of amides is 1. The average Bonchev–Trinajstić information content (AvgIpc) is 3.14. The predicted molar refractivity (Wildman–Crippen MR) is 99.4 cm³/mol. The number of hydrogen-bond acceptors (Lipinski definition) is 4. The van der Waals surface area contributed by atoms with Crippen molar-refractivity contribution in [3.8, 4) is 16.9 Å². The van der Waals surface area contributed by atoms with Crippen LogP contribution in [0.2, 0.25) is 5.02 Å². The van der Waals surface area contributed by atoms with Gasteiger partial charge in [0.1, 0.15) is 5.69 Å². The molecule has 3 aromatic rings. The lowest BCUT2D eigenvalue weighted by molar-refractivity contribution is 0.0719. The summed E-state index contributed by atoms with van der Waals surface area (Å²) in [6.07, 6.45) is 6.60. The van der Waals surface area contributed by atoms with Gasteiger partial charge >= 0.3 is 0 Å². The molecule has 1 aliphatic rings. The van der Waals surface area contributed by atoms with Crippen LogP contribution in [-0.2, 0) is 0 Å². The smallest absolute Gasteiger partial charge is 0.276 e. The summed E-state index contributed by atoms with van der Waals surface area (Å²) in [5, 5.41) is 9.01. The number of para-hydroxylation sites is 1. The highest BCUT2D eigenvalue weighted by Gasteiger charge is 2.27. The van der Waals surface area contributed by atoms with Crippen molar-refractivity contribution < 1.29 is 4.79 Å². The van der Waals surface area contributed by atoms with Crippen molar-refractivity contribution in [1.29, 1.82) is 0 Å². The number of pyridine rings is 1. The quantitative estimate of drug-likeness (QED) is 0.709. The molecule has 132 valence electrons. The van der Waals surface area contributed by atoms with Gasteiger partial charge in [0.05, 0.1) is 10.7 Å². The van der Waals surface area contributed by atoms with E-state index in [-0.39, 0.29) is 5.91 Å². The van der Waals surface area contributed by atoms with Crippen LogP contribution in [0.25, 0.3) is 16.9 Å². The van der Waals surface area contributed by atoms with Crippen LogP contribution >= 0.6 is 11.6 Å². The van der Waals surface area contributed by atoms with Gasteiger partial charge in [-0.25, -0.2) is 4.68 Å². The van der Waals surface area contributed by atoms with Crippen LogP contribution in [-0.4, -0.2) is 43.9 Å². The molecule has 3 heterocycles. The van der Waals surface area contributed by atoms with Gasteiger partial charge < -0.3 is 4.90 Å². The number of benzene rings is 1. The highest BCUT2D eigenvalue weighted by atomic mass is 35.5. The van der Waals surface area contributed by atoms with E-state index in [1.54, 1.807) is 23.1 Å². The molecule has 1 aromatic carbocycles. The number of hydrogen-bond donors (Lipinski definition) is 0. The zero-order valence-electron chi connectivity index (χ0n) is 14.2. The number of aromatic nitrogens is 4. The first kappa shape index (κ1) is 16.7. The highest BCUT2D eigenvalue weighted by molar-refractivity contribution is 6.32. The van der Waals surface area contributed by atoms with Gasteiger partial charge in [0.25, 0.3) is 5.91 Å². The first-order valence-corrected chi connectivity index (χ1v) is 9.04. The third-order valence-electron chi connectivity index (χ3n) is 4.53. The number of rotatable bonds is 3. The van der Waals surface area contributed by atoms with Crippen molar-refractivity contribution in [2.45, 2.75) is 19.3 Å². The Morgan fingerprint density at radius 3 is 2.58 bits per heavy atom. The Hall–Kier alpha value is -2.73.